The van der Waals surface area contributed by atoms with Gasteiger partial charge in [-0.15, -0.1) is 0 Å². The van der Waals surface area contributed by atoms with Crippen molar-refractivity contribution < 1.29 is 11.3 Å². The number of aryl methyl sites for hydroxylation is 1. The van der Waals surface area contributed by atoms with Crippen LogP contribution in [0.25, 0.3) is 61.3 Å². The van der Waals surface area contributed by atoms with Gasteiger partial charge in [-0.05, 0) is 83.4 Å². The highest BCUT2D eigenvalue weighted by Gasteiger charge is 2.25. The van der Waals surface area contributed by atoms with Crippen LogP contribution in [0.3, 0.4) is 0 Å². The van der Waals surface area contributed by atoms with Crippen LogP contribution in [0.1, 0.15) is 63.2 Å². The largest absolute Gasteiger partial charge is 0.437 e. The lowest BCUT2D eigenvalue weighted by Crippen LogP contribution is -2.09. The van der Waals surface area contributed by atoms with Gasteiger partial charge < -0.3 is 4.42 Å². The van der Waals surface area contributed by atoms with Gasteiger partial charge in [0.1, 0.15) is 11.4 Å². The maximum atomic E-state index is 9.37. The molecule has 0 saturated carbocycles. The van der Waals surface area contributed by atoms with Crippen LogP contribution >= 0.6 is 0 Å². The van der Waals surface area contributed by atoms with Gasteiger partial charge in [-0.25, -0.2) is 9.97 Å². The molecule has 3 aromatic heterocycles. The number of aromatic nitrogens is 3. The van der Waals surface area contributed by atoms with Crippen LogP contribution in [0.15, 0.2) is 101 Å². The number of nitrogens with zero attached hydrogens (tertiary/aromatic N) is 3. The van der Waals surface area contributed by atoms with Crippen LogP contribution in [0, 0.1) is 6.85 Å². The molecular weight excluding hydrogens is 502 g/mol. The Morgan fingerprint density at radius 3 is 2.20 bits per heavy atom. The van der Waals surface area contributed by atoms with E-state index in [0.29, 0.717) is 22.4 Å². The average Bonchev–Trinajstić information content (AvgIpc) is 3.58. The molecule has 0 amide bonds. The van der Waals surface area contributed by atoms with Crippen LogP contribution in [0.4, 0.5) is 0 Å². The lowest BCUT2D eigenvalue weighted by Gasteiger charge is -2.24. The predicted molar refractivity (Wildman–Crippen MR) is 170 cm³/mol. The van der Waals surface area contributed by atoms with Crippen LogP contribution in [-0.2, 0) is 0 Å². The molecule has 0 unspecified atom stereocenters. The number of rotatable bonds is 5. The first-order valence-electron chi connectivity index (χ1n) is 16.3. The first kappa shape index (κ1) is 20.2. The zero-order valence-corrected chi connectivity index (χ0v) is 23.5. The van der Waals surface area contributed by atoms with Gasteiger partial charge in [-0.1, -0.05) is 82.3 Å². The smallest absolute Gasteiger partial charge is 0.227 e. The fraction of sp³-hybridized carbons (Fsp3) is 0.189. The molecule has 0 N–H and O–H groups in total. The van der Waals surface area contributed by atoms with Crippen molar-refractivity contribution in [3.8, 4) is 28.2 Å². The van der Waals surface area contributed by atoms with E-state index < -0.39 is 18.6 Å². The normalized spacial score (nSPS) is 14.6. The molecule has 4 aromatic carbocycles. The first-order valence-corrected chi connectivity index (χ1v) is 13.8. The van der Waals surface area contributed by atoms with Gasteiger partial charge in [0.2, 0.25) is 5.71 Å². The molecular formula is C37H33N3O. The van der Waals surface area contributed by atoms with E-state index in [1.54, 1.807) is 6.07 Å². The zero-order valence-electron chi connectivity index (χ0n) is 28.5. The Balaban J connectivity index is 1.60. The minimum Gasteiger partial charge on any atom is -0.437 e. The minimum atomic E-state index is -2.37. The summed E-state index contributed by atoms with van der Waals surface area (Å²) in [6.45, 7) is 5.11. The number of benzene rings is 4. The molecule has 0 atom stereocenters. The average molecular weight is 541 g/mol. The summed E-state index contributed by atoms with van der Waals surface area (Å²) in [4.78, 5) is 9.50. The molecule has 7 rings (SSSR count). The minimum absolute atomic E-state index is 0.0315. The van der Waals surface area contributed by atoms with E-state index in [0.717, 1.165) is 44.4 Å². The van der Waals surface area contributed by atoms with Gasteiger partial charge in [-0.2, -0.15) is 0 Å². The quantitative estimate of drug-likeness (QED) is 0.218. The van der Waals surface area contributed by atoms with Crippen LogP contribution < -0.4 is 0 Å². The molecule has 4 heteroatoms. The van der Waals surface area contributed by atoms with Crippen molar-refractivity contribution in [1.29, 1.82) is 0 Å². The van der Waals surface area contributed by atoms with E-state index >= 15 is 0 Å². The van der Waals surface area contributed by atoms with E-state index in [2.05, 4.69) is 21.7 Å². The molecule has 0 aliphatic heterocycles. The number of pyridine rings is 1. The number of furan rings is 1. The molecule has 0 aliphatic rings. The molecule has 0 bridgehead atoms. The predicted octanol–water partition coefficient (Wildman–Crippen LogP) is 10.2. The Morgan fingerprint density at radius 2 is 1.46 bits per heavy atom. The second-order valence-corrected chi connectivity index (χ2v) is 10.9. The second-order valence-electron chi connectivity index (χ2n) is 10.9. The van der Waals surface area contributed by atoms with E-state index in [1.165, 1.54) is 6.07 Å². The van der Waals surface area contributed by atoms with E-state index in [1.807, 2.05) is 100 Å². The van der Waals surface area contributed by atoms with Gasteiger partial charge in [-0.3, -0.25) is 4.57 Å². The van der Waals surface area contributed by atoms with Crippen molar-refractivity contribution in [2.75, 3.05) is 0 Å². The van der Waals surface area contributed by atoms with E-state index in [4.69, 9.17) is 13.5 Å². The second kappa shape index (κ2) is 9.74. The van der Waals surface area contributed by atoms with Gasteiger partial charge >= 0.3 is 0 Å². The molecule has 0 spiro atoms. The van der Waals surface area contributed by atoms with E-state index in [9.17, 15) is 2.74 Å². The molecule has 202 valence electrons. The van der Waals surface area contributed by atoms with Gasteiger partial charge in [0.05, 0.1) is 22.3 Å². The topological polar surface area (TPSA) is 43.9 Å². The Bertz CT molecular complexity index is 2230. The van der Waals surface area contributed by atoms with Crippen molar-refractivity contribution in [3.63, 3.8) is 0 Å². The molecule has 0 aliphatic carbocycles. The molecule has 3 heterocycles. The standard InChI is InChI=1S/C37H33N3O/c1-22(2)30-20-26(25-12-7-6-8-13-25)21-31(23(3)4)34(30)40-33-17-10-9-16-32(33)39-36(40)29-15-11-14-27-28-19-18-24(5)38-37(28)41-35(27)29/h6-23H,1-5H3/i5D3,22D,23D. The monoisotopic (exact) mass is 540 g/mol. The van der Waals surface area contributed by atoms with Crippen LogP contribution in [0.5, 0.6) is 0 Å². The summed E-state index contributed by atoms with van der Waals surface area (Å²) in [6, 6.07) is 31.1. The summed E-state index contributed by atoms with van der Waals surface area (Å²) in [5, 5.41) is 1.50. The van der Waals surface area contributed by atoms with Crippen molar-refractivity contribution >= 4 is 33.1 Å². The number of hydrogen-bond acceptors (Lipinski definition) is 3. The third-order valence-corrected chi connectivity index (χ3v) is 7.68. The van der Waals surface area contributed by atoms with Gasteiger partial charge in [0, 0.05) is 23.3 Å². The van der Waals surface area contributed by atoms with Crippen molar-refractivity contribution in [2.45, 2.75) is 46.3 Å². The molecule has 0 radical (unpaired) electrons. The van der Waals surface area contributed by atoms with Crippen molar-refractivity contribution in [1.82, 2.24) is 14.5 Å². The van der Waals surface area contributed by atoms with Crippen molar-refractivity contribution in [3.05, 3.63) is 114 Å². The number of para-hydroxylation sites is 3. The summed E-state index contributed by atoms with van der Waals surface area (Å²) in [5.74, 6) is -1.49. The van der Waals surface area contributed by atoms with E-state index in [-0.39, 0.29) is 11.4 Å². The molecule has 7 aromatic rings. The van der Waals surface area contributed by atoms with Crippen molar-refractivity contribution in [2.24, 2.45) is 0 Å². The summed E-state index contributed by atoms with van der Waals surface area (Å²) in [6.07, 6.45) is 0. The first-order chi connectivity index (χ1) is 21.7. The number of fused-ring (bicyclic) bond motifs is 4. The highest BCUT2D eigenvalue weighted by Crippen LogP contribution is 2.42. The Kier molecular flexibility index (Phi) is 4.80. The Labute approximate surface area is 247 Å². The third-order valence-electron chi connectivity index (χ3n) is 7.68. The molecule has 0 fully saturated rings. The summed E-state index contributed by atoms with van der Waals surface area (Å²) in [7, 11) is 0. The number of hydrogen-bond donors (Lipinski definition) is 0. The fourth-order valence-corrected chi connectivity index (χ4v) is 5.72. The zero-order chi connectivity index (χ0) is 32.6. The lowest BCUT2D eigenvalue weighted by atomic mass is 9.88. The molecule has 41 heavy (non-hydrogen) atoms. The number of imidazole rings is 1. The highest BCUT2D eigenvalue weighted by molar-refractivity contribution is 6.08. The fourth-order valence-electron chi connectivity index (χ4n) is 5.72. The maximum Gasteiger partial charge on any atom is 0.227 e. The molecule has 4 nitrogen and oxygen atoms in total. The summed E-state index contributed by atoms with van der Waals surface area (Å²) < 4.78 is 50.7. The Morgan fingerprint density at radius 1 is 0.732 bits per heavy atom. The van der Waals surface area contributed by atoms with Crippen LogP contribution in [0.2, 0.25) is 0 Å². The lowest BCUT2D eigenvalue weighted by molar-refractivity contribution is 0.653. The molecule has 0 saturated heterocycles. The van der Waals surface area contributed by atoms with Gasteiger partial charge in [0.25, 0.3) is 0 Å². The SMILES string of the molecule is [2H]C([2H])([2H])c1ccc2c(n1)oc1c(-c3nc4ccccc4n3-c3c(C([2H])(C)C)cc(-c4ccccc4)cc3C([2H])(C)C)cccc12. The summed E-state index contributed by atoms with van der Waals surface area (Å²) >= 11 is 0. The summed E-state index contributed by atoms with van der Waals surface area (Å²) in [5.41, 5.74) is 7.22. The third kappa shape index (κ3) is 4.13. The highest BCUT2D eigenvalue weighted by atomic mass is 16.3. The Hall–Kier alpha value is -4.70. The van der Waals surface area contributed by atoms with Gasteiger partial charge in [0.15, 0.2) is 0 Å². The van der Waals surface area contributed by atoms with Crippen LogP contribution in [-0.4, -0.2) is 14.5 Å². The maximum absolute atomic E-state index is 9.37.